The molecule has 1 aliphatic rings. The number of halogens is 3. The molecule has 0 bridgehead atoms. The van der Waals surface area contributed by atoms with E-state index in [2.05, 4.69) is 5.32 Å². The summed E-state index contributed by atoms with van der Waals surface area (Å²) in [6, 6.07) is 4.95. The van der Waals surface area contributed by atoms with Gasteiger partial charge in [0.05, 0.1) is 7.11 Å². The largest absolute Gasteiger partial charge is 0.497 e. The van der Waals surface area contributed by atoms with E-state index in [1.807, 2.05) is 0 Å². The summed E-state index contributed by atoms with van der Waals surface area (Å²) in [5, 5.41) is 2.56. The highest BCUT2D eigenvalue weighted by molar-refractivity contribution is 5.50. The standard InChI is InChI=1S/C12H15F3N2O/c1-18-9-2-3-10(16)8(6-9)7-17-11(4-5-11)12(13,14)15/h2-3,6,17H,4-5,7,16H2,1H3. The summed E-state index contributed by atoms with van der Waals surface area (Å²) in [6.45, 7) is 0.0859. The third-order valence-electron chi connectivity index (χ3n) is 3.26. The van der Waals surface area contributed by atoms with Crippen LogP contribution in [0.2, 0.25) is 0 Å². The van der Waals surface area contributed by atoms with Crippen molar-refractivity contribution in [3.8, 4) is 5.75 Å². The lowest BCUT2D eigenvalue weighted by Gasteiger charge is -2.21. The van der Waals surface area contributed by atoms with Crippen LogP contribution < -0.4 is 15.8 Å². The summed E-state index contributed by atoms with van der Waals surface area (Å²) < 4.78 is 43.2. The molecule has 0 saturated heterocycles. The van der Waals surface area contributed by atoms with E-state index in [1.165, 1.54) is 7.11 Å². The van der Waals surface area contributed by atoms with E-state index in [9.17, 15) is 13.2 Å². The Morgan fingerprint density at radius 2 is 2.06 bits per heavy atom. The maximum atomic E-state index is 12.7. The highest BCUT2D eigenvalue weighted by Crippen LogP contribution is 2.49. The molecule has 0 heterocycles. The smallest absolute Gasteiger partial charge is 0.406 e. The minimum absolute atomic E-state index is 0.0859. The first-order chi connectivity index (χ1) is 8.38. The lowest BCUT2D eigenvalue weighted by molar-refractivity contribution is -0.166. The fourth-order valence-corrected chi connectivity index (χ4v) is 1.81. The summed E-state index contributed by atoms with van der Waals surface area (Å²) in [6.07, 6.45) is -3.96. The van der Waals surface area contributed by atoms with Crippen molar-refractivity contribution >= 4 is 5.69 Å². The number of rotatable bonds is 4. The molecule has 0 spiro atoms. The van der Waals surface area contributed by atoms with Crippen LogP contribution in [0.4, 0.5) is 18.9 Å². The Kier molecular flexibility index (Phi) is 3.14. The van der Waals surface area contributed by atoms with Crippen molar-refractivity contribution < 1.29 is 17.9 Å². The van der Waals surface area contributed by atoms with Crippen LogP contribution >= 0.6 is 0 Å². The van der Waals surface area contributed by atoms with Crippen molar-refractivity contribution in [2.45, 2.75) is 31.1 Å². The van der Waals surface area contributed by atoms with Gasteiger partial charge in [0, 0.05) is 12.2 Å². The molecule has 0 aromatic heterocycles. The molecular formula is C12H15F3N2O. The summed E-state index contributed by atoms with van der Waals surface area (Å²) >= 11 is 0. The molecule has 1 fully saturated rings. The average molecular weight is 260 g/mol. The zero-order chi connectivity index (χ0) is 13.4. The molecule has 3 N–H and O–H groups in total. The molecule has 18 heavy (non-hydrogen) atoms. The van der Waals surface area contributed by atoms with E-state index < -0.39 is 11.7 Å². The van der Waals surface area contributed by atoms with E-state index in [0.717, 1.165) is 0 Å². The molecule has 3 nitrogen and oxygen atoms in total. The van der Waals surface area contributed by atoms with Crippen LogP contribution in [0.15, 0.2) is 18.2 Å². The normalized spacial score (nSPS) is 17.6. The van der Waals surface area contributed by atoms with Crippen LogP contribution in [0.5, 0.6) is 5.75 Å². The molecule has 0 aliphatic heterocycles. The van der Waals surface area contributed by atoms with Gasteiger partial charge in [0.25, 0.3) is 0 Å². The summed E-state index contributed by atoms with van der Waals surface area (Å²) in [7, 11) is 1.50. The third kappa shape index (κ3) is 2.38. The summed E-state index contributed by atoms with van der Waals surface area (Å²) in [5.74, 6) is 0.581. The Morgan fingerprint density at radius 3 is 2.56 bits per heavy atom. The number of hydrogen-bond donors (Lipinski definition) is 2. The Morgan fingerprint density at radius 1 is 1.39 bits per heavy atom. The van der Waals surface area contributed by atoms with Gasteiger partial charge in [-0.1, -0.05) is 0 Å². The molecule has 0 unspecified atom stereocenters. The quantitative estimate of drug-likeness (QED) is 0.817. The van der Waals surface area contributed by atoms with Gasteiger partial charge < -0.3 is 10.5 Å². The highest BCUT2D eigenvalue weighted by Gasteiger charge is 2.62. The second-order valence-electron chi connectivity index (χ2n) is 4.50. The van der Waals surface area contributed by atoms with Crippen molar-refractivity contribution in [1.29, 1.82) is 0 Å². The SMILES string of the molecule is COc1ccc(N)c(CNC2(C(F)(F)F)CC2)c1. The van der Waals surface area contributed by atoms with Gasteiger partial charge in [0.15, 0.2) is 0 Å². The van der Waals surface area contributed by atoms with Gasteiger partial charge in [0.1, 0.15) is 11.3 Å². The second-order valence-corrected chi connectivity index (χ2v) is 4.50. The molecule has 100 valence electrons. The Bertz CT molecular complexity index is 441. The van der Waals surface area contributed by atoms with Crippen molar-refractivity contribution in [3.63, 3.8) is 0 Å². The van der Waals surface area contributed by atoms with Crippen LogP contribution in [0.3, 0.4) is 0 Å². The lowest BCUT2D eigenvalue weighted by Crippen LogP contribution is -2.44. The molecule has 0 radical (unpaired) electrons. The van der Waals surface area contributed by atoms with E-state index in [1.54, 1.807) is 18.2 Å². The van der Waals surface area contributed by atoms with Crippen LogP contribution in [-0.4, -0.2) is 18.8 Å². The van der Waals surface area contributed by atoms with E-state index in [-0.39, 0.29) is 19.4 Å². The molecule has 1 saturated carbocycles. The van der Waals surface area contributed by atoms with Crippen molar-refractivity contribution in [2.75, 3.05) is 12.8 Å². The topological polar surface area (TPSA) is 47.3 Å². The minimum Gasteiger partial charge on any atom is -0.497 e. The van der Waals surface area contributed by atoms with Gasteiger partial charge in [-0.15, -0.1) is 0 Å². The zero-order valence-electron chi connectivity index (χ0n) is 9.97. The summed E-state index contributed by atoms with van der Waals surface area (Å²) in [4.78, 5) is 0. The Hall–Kier alpha value is -1.43. The molecule has 1 aromatic rings. The molecule has 1 aliphatic carbocycles. The molecule has 0 atom stereocenters. The first-order valence-electron chi connectivity index (χ1n) is 5.62. The molecule has 0 amide bonds. The second kappa shape index (κ2) is 4.35. The number of nitrogen functional groups attached to an aromatic ring is 1. The number of alkyl halides is 3. The average Bonchev–Trinajstić information content (AvgIpc) is 3.08. The van der Waals surface area contributed by atoms with Gasteiger partial charge in [-0.05, 0) is 36.6 Å². The van der Waals surface area contributed by atoms with Gasteiger partial charge in [0.2, 0.25) is 0 Å². The zero-order valence-corrected chi connectivity index (χ0v) is 9.97. The van der Waals surface area contributed by atoms with Crippen LogP contribution in [0.1, 0.15) is 18.4 Å². The number of hydrogen-bond acceptors (Lipinski definition) is 3. The van der Waals surface area contributed by atoms with Crippen LogP contribution in [0, 0.1) is 0 Å². The number of benzene rings is 1. The summed E-state index contributed by atoms with van der Waals surface area (Å²) in [5.41, 5.74) is 5.08. The maximum absolute atomic E-state index is 12.7. The van der Waals surface area contributed by atoms with Crippen molar-refractivity contribution in [3.05, 3.63) is 23.8 Å². The highest BCUT2D eigenvalue weighted by atomic mass is 19.4. The van der Waals surface area contributed by atoms with Crippen LogP contribution in [-0.2, 0) is 6.54 Å². The molecule has 6 heteroatoms. The maximum Gasteiger partial charge on any atom is 0.406 e. The van der Waals surface area contributed by atoms with Crippen molar-refractivity contribution in [1.82, 2.24) is 5.32 Å². The van der Waals surface area contributed by atoms with E-state index >= 15 is 0 Å². The lowest BCUT2D eigenvalue weighted by atomic mass is 10.1. The van der Waals surface area contributed by atoms with Gasteiger partial charge >= 0.3 is 6.18 Å². The van der Waals surface area contributed by atoms with Gasteiger partial charge in [-0.25, -0.2) is 0 Å². The fraction of sp³-hybridized carbons (Fsp3) is 0.500. The van der Waals surface area contributed by atoms with E-state index in [0.29, 0.717) is 17.0 Å². The molecule has 2 rings (SSSR count). The van der Waals surface area contributed by atoms with Gasteiger partial charge in [-0.3, -0.25) is 5.32 Å². The minimum atomic E-state index is -4.21. The third-order valence-corrected chi connectivity index (χ3v) is 3.26. The first kappa shape index (κ1) is 13.0. The molecular weight excluding hydrogens is 245 g/mol. The van der Waals surface area contributed by atoms with Gasteiger partial charge in [-0.2, -0.15) is 13.2 Å². The van der Waals surface area contributed by atoms with Crippen LogP contribution in [0.25, 0.3) is 0 Å². The predicted molar refractivity (Wildman–Crippen MR) is 62.3 cm³/mol. The fourth-order valence-electron chi connectivity index (χ4n) is 1.81. The first-order valence-corrected chi connectivity index (χ1v) is 5.62. The van der Waals surface area contributed by atoms with E-state index in [4.69, 9.17) is 10.5 Å². The van der Waals surface area contributed by atoms with Crippen molar-refractivity contribution in [2.24, 2.45) is 0 Å². The number of nitrogens with one attached hydrogen (secondary N) is 1. The number of nitrogens with two attached hydrogens (primary N) is 1. The number of anilines is 1. The number of ether oxygens (including phenoxy) is 1. The molecule has 1 aromatic carbocycles. The monoisotopic (exact) mass is 260 g/mol. The Balaban J connectivity index is 2.07. The number of methoxy groups -OCH3 is 1. The Labute approximate surface area is 103 Å². The predicted octanol–water partition coefficient (Wildman–Crippen LogP) is 2.46.